The van der Waals surface area contributed by atoms with E-state index in [0.717, 1.165) is 16.5 Å². The van der Waals surface area contributed by atoms with Crippen LogP contribution in [0.2, 0.25) is 0 Å². The Labute approximate surface area is 92.9 Å². The highest BCUT2D eigenvalue weighted by Crippen LogP contribution is 2.18. The van der Waals surface area contributed by atoms with Crippen molar-refractivity contribution in [3.8, 4) is 0 Å². The van der Waals surface area contributed by atoms with Gasteiger partial charge in [-0.05, 0) is 17.7 Å². The van der Waals surface area contributed by atoms with Gasteiger partial charge in [-0.3, -0.25) is 0 Å². The molecule has 0 aliphatic carbocycles. The largest absolute Gasteiger partial charge is 0.467 e. The van der Waals surface area contributed by atoms with E-state index >= 15 is 0 Å². The minimum atomic E-state index is -1.11. The van der Waals surface area contributed by atoms with E-state index < -0.39 is 12.1 Å². The van der Waals surface area contributed by atoms with E-state index in [1.165, 1.54) is 7.11 Å². The molecule has 4 heteroatoms. The molecule has 0 saturated carbocycles. The number of nitrogens with one attached hydrogen (secondary N) is 1. The molecule has 0 amide bonds. The van der Waals surface area contributed by atoms with Crippen LogP contribution >= 0.6 is 0 Å². The van der Waals surface area contributed by atoms with Crippen molar-refractivity contribution < 1.29 is 14.6 Å². The van der Waals surface area contributed by atoms with Crippen LogP contribution < -0.4 is 0 Å². The van der Waals surface area contributed by atoms with Gasteiger partial charge in [0.25, 0.3) is 0 Å². The summed E-state index contributed by atoms with van der Waals surface area (Å²) in [6.07, 6.45) is 0.992. The van der Waals surface area contributed by atoms with E-state index in [1.807, 2.05) is 30.5 Å². The lowest BCUT2D eigenvalue weighted by molar-refractivity contribution is -0.150. The minimum absolute atomic E-state index is 0.266. The summed E-state index contributed by atoms with van der Waals surface area (Å²) >= 11 is 0. The van der Waals surface area contributed by atoms with Crippen molar-refractivity contribution in [3.05, 3.63) is 36.0 Å². The van der Waals surface area contributed by atoms with Crippen molar-refractivity contribution in [2.24, 2.45) is 0 Å². The predicted molar refractivity (Wildman–Crippen MR) is 60.0 cm³/mol. The first-order chi connectivity index (χ1) is 7.72. The molecule has 0 aliphatic rings. The molecule has 2 N–H and O–H groups in total. The third kappa shape index (κ3) is 1.92. The van der Waals surface area contributed by atoms with Crippen LogP contribution in [0.4, 0.5) is 0 Å². The summed E-state index contributed by atoms with van der Waals surface area (Å²) in [4.78, 5) is 14.2. The fraction of sp³-hybridized carbons (Fsp3) is 0.250. The molecule has 16 heavy (non-hydrogen) atoms. The fourth-order valence-corrected chi connectivity index (χ4v) is 1.76. The van der Waals surface area contributed by atoms with Gasteiger partial charge in [-0.2, -0.15) is 0 Å². The van der Waals surface area contributed by atoms with Gasteiger partial charge < -0.3 is 14.8 Å². The van der Waals surface area contributed by atoms with Gasteiger partial charge in [-0.15, -0.1) is 0 Å². The topological polar surface area (TPSA) is 62.3 Å². The first-order valence-corrected chi connectivity index (χ1v) is 5.03. The van der Waals surface area contributed by atoms with Gasteiger partial charge in [0.2, 0.25) is 0 Å². The van der Waals surface area contributed by atoms with Crippen LogP contribution in [0, 0.1) is 0 Å². The maximum absolute atomic E-state index is 11.1. The third-order valence-corrected chi connectivity index (χ3v) is 2.57. The van der Waals surface area contributed by atoms with E-state index in [-0.39, 0.29) is 6.42 Å². The Morgan fingerprint density at radius 3 is 3.06 bits per heavy atom. The number of rotatable bonds is 3. The smallest absolute Gasteiger partial charge is 0.335 e. The number of carbonyl (C=O) groups excluding carboxylic acids is 1. The molecule has 0 fully saturated rings. The Morgan fingerprint density at radius 1 is 1.50 bits per heavy atom. The maximum Gasteiger partial charge on any atom is 0.335 e. The summed E-state index contributed by atoms with van der Waals surface area (Å²) in [6, 6.07) is 7.65. The molecule has 0 bridgehead atoms. The molecule has 0 saturated heterocycles. The second kappa shape index (κ2) is 4.37. The normalized spacial score (nSPS) is 12.6. The molecular formula is C12H13NO3. The number of hydrogen-bond donors (Lipinski definition) is 2. The van der Waals surface area contributed by atoms with E-state index in [9.17, 15) is 9.90 Å². The highest BCUT2D eigenvalue weighted by Gasteiger charge is 2.16. The first-order valence-electron chi connectivity index (χ1n) is 5.03. The molecular weight excluding hydrogens is 206 g/mol. The van der Waals surface area contributed by atoms with E-state index in [4.69, 9.17) is 0 Å². The number of hydrogen-bond acceptors (Lipinski definition) is 3. The molecule has 1 aromatic heterocycles. The number of benzene rings is 1. The van der Waals surface area contributed by atoms with E-state index in [1.54, 1.807) is 0 Å². The minimum Gasteiger partial charge on any atom is -0.467 e. The van der Waals surface area contributed by atoms with E-state index in [0.29, 0.717) is 0 Å². The predicted octanol–water partition coefficient (Wildman–Crippen LogP) is 1.24. The molecule has 1 unspecified atom stereocenters. The summed E-state index contributed by atoms with van der Waals surface area (Å²) in [5.41, 5.74) is 1.92. The summed E-state index contributed by atoms with van der Waals surface area (Å²) in [5, 5.41) is 10.6. The van der Waals surface area contributed by atoms with Crippen LogP contribution in [0.1, 0.15) is 5.56 Å². The number of fused-ring (bicyclic) bond motifs is 1. The third-order valence-electron chi connectivity index (χ3n) is 2.57. The molecule has 0 aliphatic heterocycles. The van der Waals surface area contributed by atoms with Crippen molar-refractivity contribution in [1.29, 1.82) is 0 Å². The molecule has 1 heterocycles. The zero-order chi connectivity index (χ0) is 11.5. The molecule has 4 nitrogen and oxygen atoms in total. The summed E-state index contributed by atoms with van der Waals surface area (Å²) in [7, 11) is 1.27. The van der Waals surface area contributed by atoms with Crippen molar-refractivity contribution in [2.75, 3.05) is 7.11 Å². The number of H-pyrrole nitrogens is 1. The second-order valence-electron chi connectivity index (χ2n) is 3.60. The molecule has 1 atom stereocenters. The SMILES string of the molecule is COC(=O)C(O)Cc1cccc2[nH]ccc12. The highest BCUT2D eigenvalue weighted by atomic mass is 16.5. The van der Waals surface area contributed by atoms with Crippen molar-refractivity contribution in [2.45, 2.75) is 12.5 Å². The molecule has 84 valence electrons. The Kier molecular flexibility index (Phi) is 2.92. The molecule has 1 aromatic carbocycles. The van der Waals surface area contributed by atoms with Gasteiger partial charge >= 0.3 is 5.97 Å². The summed E-state index contributed by atoms with van der Waals surface area (Å²) < 4.78 is 4.48. The van der Waals surface area contributed by atoms with Crippen molar-refractivity contribution >= 4 is 16.9 Å². The van der Waals surface area contributed by atoms with Gasteiger partial charge in [0.1, 0.15) is 0 Å². The van der Waals surface area contributed by atoms with E-state index in [2.05, 4.69) is 9.72 Å². The Bertz CT molecular complexity index is 504. The number of methoxy groups -OCH3 is 1. The van der Waals surface area contributed by atoms with Crippen LogP contribution in [-0.4, -0.2) is 29.3 Å². The van der Waals surface area contributed by atoms with Gasteiger partial charge in [0.05, 0.1) is 7.11 Å². The fourth-order valence-electron chi connectivity index (χ4n) is 1.76. The first kappa shape index (κ1) is 10.7. The van der Waals surface area contributed by atoms with Crippen molar-refractivity contribution in [1.82, 2.24) is 4.98 Å². The quantitative estimate of drug-likeness (QED) is 0.763. The number of esters is 1. The monoisotopic (exact) mass is 219 g/mol. The highest BCUT2D eigenvalue weighted by molar-refractivity contribution is 5.84. The molecule has 2 rings (SSSR count). The standard InChI is InChI=1S/C12H13NO3/c1-16-12(15)11(14)7-8-3-2-4-10-9(8)5-6-13-10/h2-6,11,13-14H,7H2,1H3. The number of carbonyl (C=O) groups is 1. The maximum atomic E-state index is 11.1. The lowest BCUT2D eigenvalue weighted by Gasteiger charge is -2.08. The average molecular weight is 219 g/mol. The number of aromatic amines is 1. The number of aliphatic hydroxyl groups is 1. The average Bonchev–Trinajstić information content (AvgIpc) is 2.77. The summed E-state index contributed by atoms with van der Waals surface area (Å²) in [5.74, 6) is -0.604. The van der Waals surface area contributed by atoms with Gasteiger partial charge in [0, 0.05) is 23.5 Å². The lowest BCUT2D eigenvalue weighted by Crippen LogP contribution is -2.24. The van der Waals surface area contributed by atoms with Crippen LogP contribution in [0.15, 0.2) is 30.5 Å². The number of aromatic nitrogens is 1. The Morgan fingerprint density at radius 2 is 2.31 bits per heavy atom. The molecule has 0 spiro atoms. The Balaban J connectivity index is 2.27. The Hall–Kier alpha value is -1.81. The zero-order valence-electron chi connectivity index (χ0n) is 8.93. The lowest BCUT2D eigenvalue weighted by atomic mass is 10.0. The van der Waals surface area contributed by atoms with Gasteiger partial charge in [0.15, 0.2) is 6.10 Å². The van der Waals surface area contributed by atoms with Crippen LogP contribution in [0.5, 0.6) is 0 Å². The van der Waals surface area contributed by atoms with Crippen LogP contribution in [-0.2, 0) is 16.0 Å². The van der Waals surface area contributed by atoms with Gasteiger partial charge in [-0.25, -0.2) is 4.79 Å². The molecule has 0 radical (unpaired) electrons. The second-order valence-corrected chi connectivity index (χ2v) is 3.60. The number of ether oxygens (including phenoxy) is 1. The van der Waals surface area contributed by atoms with Crippen LogP contribution in [0.3, 0.4) is 0 Å². The van der Waals surface area contributed by atoms with Gasteiger partial charge in [-0.1, -0.05) is 12.1 Å². The van der Waals surface area contributed by atoms with Crippen LogP contribution in [0.25, 0.3) is 10.9 Å². The number of aliphatic hydroxyl groups excluding tert-OH is 1. The molecule has 2 aromatic rings. The summed E-state index contributed by atoms with van der Waals surface area (Å²) in [6.45, 7) is 0. The van der Waals surface area contributed by atoms with Crippen molar-refractivity contribution in [3.63, 3.8) is 0 Å². The zero-order valence-corrected chi connectivity index (χ0v) is 8.93.